The van der Waals surface area contributed by atoms with E-state index in [0.717, 1.165) is 12.8 Å². The number of hydrogen-bond donors (Lipinski definition) is 0. The van der Waals surface area contributed by atoms with Crippen molar-refractivity contribution in [2.75, 3.05) is 0 Å². The lowest BCUT2D eigenvalue weighted by molar-refractivity contribution is 0.536. The van der Waals surface area contributed by atoms with Gasteiger partial charge in [0.1, 0.15) is 5.82 Å². The highest BCUT2D eigenvalue weighted by atomic mass is 32.2. The standard InChI is InChI=1S/C16H15FO4S2/c17-13-3-1-2-12(10-13)16(11-4-5-11)23(20,21)15-8-6-14(7-9-15)22(18)19/h1-3,6-11,16H,4-5H2,(H,18,19)/p-1. The van der Waals surface area contributed by atoms with Gasteiger partial charge >= 0.3 is 0 Å². The molecule has 0 bridgehead atoms. The second-order valence-electron chi connectivity index (χ2n) is 5.56. The van der Waals surface area contributed by atoms with Crippen LogP contribution in [0.15, 0.2) is 58.3 Å². The Morgan fingerprint density at radius 3 is 2.30 bits per heavy atom. The van der Waals surface area contributed by atoms with Gasteiger partial charge in [0.25, 0.3) is 0 Å². The summed E-state index contributed by atoms with van der Waals surface area (Å²) in [6.07, 6.45) is 1.56. The van der Waals surface area contributed by atoms with Crippen molar-refractivity contribution in [3.63, 3.8) is 0 Å². The molecule has 23 heavy (non-hydrogen) atoms. The highest BCUT2D eigenvalue weighted by Crippen LogP contribution is 2.47. The van der Waals surface area contributed by atoms with Crippen molar-refractivity contribution in [1.82, 2.24) is 0 Å². The molecule has 1 aliphatic carbocycles. The SMILES string of the molecule is O=S([O-])c1ccc(S(=O)(=O)C(c2cccc(F)c2)C2CC2)cc1. The Hall–Kier alpha value is -1.57. The summed E-state index contributed by atoms with van der Waals surface area (Å²) in [5.74, 6) is -0.504. The van der Waals surface area contributed by atoms with E-state index >= 15 is 0 Å². The number of benzene rings is 2. The number of halogens is 1. The maximum Gasteiger partial charge on any atom is 0.185 e. The van der Waals surface area contributed by atoms with Gasteiger partial charge in [0, 0.05) is 4.90 Å². The van der Waals surface area contributed by atoms with E-state index in [4.69, 9.17) is 0 Å². The summed E-state index contributed by atoms with van der Waals surface area (Å²) in [5, 5.41) is -0.804. The van der Waals surface area contributed by atoms with Crippen molar-refractivity contribution < 1.29 is 21.6 Å². The lowest BCUT2D eigenvalue weighted by atomic mass is 10.1. The maximum atomic E-state index is 13.5. The van der Waals surface area contributed by atoms with Crippen LogP contribution in [0.5, 0.6) is 0 Å². The fourth-order valence-corrected chi connectivity index (χ4v) is 5.13. The summed E-state index contributed by atoms with van der Waals surface area (Å²) >= 11 is -2.40. The first-order valence-corrected chi connectivity index (χ1v) is 9.70. The van der Waals surface area contributed by atoms with Gasteiger partial charge in [0.05, 0.1) is 10.1 Å². The van der Waals surface area contributed by atoms with Crippen LogP contribution in [0.25, 0.3) is 0 Å². The van der Waals surface area contributed by atoms with Gasteiger partial charge < -0.3 is 4.55 Å². The summed E-state index contributed by atoms with van der Waals surface area (Å²) < 4.78 is 61.1. The molecule has 0 radical (unpaired) electrons. The first-order chi connectivity index (χ1) is 10.9. The van der Waals surface area contributed by atoms with E-state index in [2.05, 4.69) is 0 Å². The normalized spacial score (nSPS) is 17.7. The second kappa shape index (κ2) is 6.14. The maximum absolute atomic E-state index is 13.5. The Morgan fingerprint density at radius 1 is 1.13 bits per heavy atom. The molecule has 2 aromatic rings. The molecule has 1 saturated carbocycles. The van der Waals surface area contributed by atoms with Gasteiger partial charge in [0.15, 0.2) is 9.84 Å². The Balaban J connectivity index is 2.03. The third-order valence-electron chi connectivity index (χ3n) is 3.91. The first kappa shape index (κ1) is 16.3. The summed E-state index contributed by atoms with van der Waals surface area (Å²) in [6, 6.07) is 10.7. The van der Waals surface area contributed by atoms with Crippen molar-refractivity contribution in [2.45, 2.75) is 27.9 Å². The molecular formula is C16H14FO4S2-. The summed E-state index contributed by atoms with van der Waals surface area (Å²) in [6.45, 7) is 0. The smallest absolute Gasteiger partial charge is 0.185 e. The van der Waals surface area contributed by atoms with Crippen LogP contribution in [0, 0.1) is 11.7 Å². The van der Waals surface area contributed by atoms with Crippen LogP contribution in [-0.2, 0) is 20.9 Å². The molecule has 0 aliphatic heterocycles. The first-order valence-electron chi connectivity index (χ1n) is 7.08. The van der Waals surface area contributed by atoms with Gasteiger partial charge in [-0.1, -0.05) is 12.1 Å². The molecule has 0 amide bonds. The molecule has 122 valence electrons. The quantitative estimate of drug-likeness (QED) is 0.775. The van der Waals surface area contributed by atoms with Crippen LogP contribution in [0.2, 0.25) is 0 Å². The van der Waals surface area contributed by atoms with E-state index in [1.165, 1.54) is 42.5 Å². The zero-order chi connectivity index (χ0) is 16.6. The Labute approximate surface area is 136 Å². The molecule has 0 aromatic heterocycles. The van der Waals surface area contributed by atoms with E-state index in [0.29, 0.717) is 5.56 Å². The van der Waals surface area contributed by atoms with E-state index in [1.807, 2.05) is 0 Å². The Kier molecular flexibility index (Phi) is 4.35. The van der Waals surface area contributed by atoms with Crippen LogP contribution in [0.1, 0.15) is 23.7 Å². The largest absolute Gasteiger partial charge is 0.768 e. The van der Waals surface area contributed by atoms with Gasteiger partial charge in [-0.3, -0.25) is 4.21 Å². The van der Waals surface area contributed by atoms with Gasteiger partial charge in [0.2, 0.25) is 0 Å². The molecule has 0 saturated heterocycles. The Morgan fingerprint density at radius 2 is 1.78 bits per heavy atom. The van der Waals surface area contributed by atoms with Crippen molar-refractivity contribution in [3.05, 3.63) is 59.9 Å². The molecule has 4 nitrogen and oxygen atoms in total. The van der Waals surface area contributed by atoms with Crippen molar-refractivity contribution in [1.29, 1.82) is 0 Å². The minimum absolute atomic E-state index is 0.0256. The molecular weight excluding hydrogens is 339 g/mol. The fraction of sp³-hybridized carbons (Fsp3) is 0.250. The second-order valence-corrected chi connectivity index (χ2v) is 8.57. The monoisotopic (exact) mass is 353 g/mol. The molecule has 1 fully saturated rings. The van der Waals surface area contributed by atoms with Gasteiger partial charge in [-0.15, -0.1) is 0 Å². The third kappa shape index (κ3) is 3.36. The molecule has 7 heteroatoms. The lowest BCUT2D eigenvalue weighted by Crippen LogP contribution is -2.16. The van der Waals surface area contributed by atoms with Crippen LogP contribution in [0.3, 0.4) is 0 Å². The molecule has 1 aliphatic rings. The molecule has 2 aromatic carbocycles. The zero-order valence-corrected chi connectivity index (χ0v) is 13.6. The summed E-state index contributed by atoms with van der Waals surface area (Å²) in [7, 11) is -3.72. The Bertz CT molecular complexity index is 843. The molecule has 2 unspecified atom stereocenters. The number of sulfone groups is 1. The van der Waals surface area contributed by atoms with E-state index in [1.54, 1.807) is 6.07 Å². The minimum Gasteiger partial charge on any atom is -0.768 e. The fourth-order valence-electron chi connectivity index (χ4n) is 2.67. The molecule has 0 N–H and O–H groups in total. The highest BCUT2D eigenvalue weighted by molar-refractivity contribution is 7.91. The van der Waals surface area contributed by atoms with Crippen LogP contribution in [0.4, 0.5) is 4.39 Å². The predicted octanol–water partition coefficient (Wildman–Crippen LogP) is 2.99. The van der Waals surface area contributed by atoms with Crippen molar-refractivity contribution in [2.24, 2.45) is 5.92 Å². The lowest BCUT2D eigenvalue weighted by Gasteiger charge is -2.18. The molecule has 3 rings (SSSR count). The minimum atomic E-state index is -3.72. The van der Waals surface area contributed by atoms with E-state index in [9.17, 15) is 21.6 Å². The summed E-state index contributed by atoms with van der Waals surface area (Å²) in [5.41, 5.74) is 0.434. The van der Waals surface area contributed by atoms with Crippen LogP contribution < -0.4 is 0 Å². The topological polar surface area (TPSA) is 74.3 Å². The number of rotatable bonds is 5. The van der Waals surface area contributed by atoms with Crippen molar-refractivity contribution >= 4 is 20.9 Å². The zero-order valence-electron chi connectivity index (χ0n) is 12.0. The van der Waals surface area contributed by atoms with Crippen LogP contribution >= 0.6 is 0 Å². The molecule has 2 atom stereocenters. The average molecular weight is 353 g/mol. The molecule has 0 spiro atoms. The van der Waals surface area contributed by atoms with Crippen LogP contribution in [-0.4, -0.2) is 17.2 Å². The van der Waals surface area contributed by atoms with Crippen molar-refractivity contribution in [3.8, 4) is 0 Å². The third-order valence-corrected chi connectivity index (χ3v) is 6.82. The average Bonchev–Trinajstić information content (AvgIpc) is 3.32. The summed E-state index contributed by atoms with van der Waals surface area (Å²) in [4.78, 5) is 0.0746. The van der Waals surface area contributed by atoms with E-state index < -0.39 is 32.0 Å². The number of hydrogen-bond acceptors (Lipinski definition) is 4. The van der Waals surface area contributed by atoms with Gasteiger partial charge in [-0.25, -0.2) is 12.8 Å². The highest BCUT2D eigenvalue weighted by Gasteiger charge is 2.42. The molecule has 0 heterocycles. The van der Waals surface area contributed by atoms with Gasteiger partial charge in [-0.2, -0.15) is 0 Å². The van der Waals surface area contributed by atoms with Gasteiger partial charge in [-0.05, 0) is 71.8 Å². The van der Waals surface area contributed by atoms with E-state index in [-0.39, 0.29) is 15.7 Å². The predicted molar refractivity (Wildman–Crippen MR) is 82.7 cm³/mol.